The van der Waals surface area contributed by atoms with Gasteiger partial charge >= 0.3 is 0 Å². The van der Waals surface area contributed by atoms with E-state index < -0.39 is 0 Å². The molecule has 5 rings (SSSR count). The highest BCUT2D eigenvalue weighted by atomic mass is 16.5. The van der Waals surface area contributed by atoms with E-state index in [4.69, 9.17) is 9.51 Å². The lowest BCUT2D eigenvalue weighted by atomic mass is 10.2. The Balaban J connectivity index is 1.41. The molecule has 1 aromatic carbocycles. The molecule has 1 saturated heterocycles. The lowest BCUT2D eigenvalue weighted by Gasteiger charge is -2.21. The minimum Gasteiger partial charge on any atom is -0.339 e. The monoisotopic (exact) mass is 323 g/mol. The molecule has 2 fully saturated rings. The third-order valence-corrected chi connectivity index (χ3v) is 5.27. The van der Waals surface area contributed by atoms with Crippen LogP contribution in [0.1, 0.15) is 55.2 Å². The van der Waals surface area contributed by atoms with E-state index in [1.807, 2.05) is 6.07 Å². The number of benzene rings is 1. The fourth-order valence-electron chi connectivity index (χ4n) is 3.70. The molecule has 0 bridgehead atoms. The van der Waals surface area contributed by atoms with Gasteiger partial charge in [0.25, 0.3) is 0 Å². The Hall–Kier alpha value is -2.21. The molecule has 0 radical (unpaired) electrons. The summed E-state index contributed by atoms with van der Waals surface area (Å²) >= 11 is 0. The van der Waals surface area contributed by atoms with Crippen LogP contribution < -0.4 is 0 Å². The third-order valence-electron chi connectivity index (χ3n) is 5.27. The Labute approximate surface area is 140 Å². The highest BCUT2D eigenvalue weighted by Gasteiger charge is 2.34. The molecule has 0 unspecified atom stereocenters. The van der Waals surface area contributed by atoms with Crippen molar-refractivity contribution in [1.82, 2.24) is 24.6 Å². The summed E-state index contributed by atoms with van der Waals surface area (Å²) < 4.78 is 7.65. The van der Waals surface area contributed by atoms with Gasteiger partial charge in [-0.2, -0.15) is 4.98 Å². The normalized spacial score (nSPS) is 21.8. The van der Waals surface area contributed by atoms with Crippen LogP contribution in [0.2, 0.25) is 0 Å². The minimum atomic E-state index is 0.251. The molecule has 1 saturated carbocycles. The van der Waals surface area contributed by atoms with E-state index in [0.717, 1.165) is 42.6 Å². The van der Waals surface area contributed by atoms with Gasteiger partial charge in [-0.15, -0.1) is 0 Å². The van der Waals surface area contributed by atoms with E-state index in [1.54, 1.807) is 0 Å². The van der Waals surface area contributed by atoms with E-state index in [1.165, 1.54) is 24.8 Å². The second-order valence-corrected chi connectivity index (χ2v) is 6.97. The molecule has 0 N–H and O–H groups in total. The average Bonchev–Trinajstić information content (AvgIpc) is 3.03. The zero-order chi connectivity index (χ0) is 16.1. The number of imidazole rings is 1. The smallest absolute Gasteiger partial charge is 0.229 e. The minimum absolute atomic E-state index is 0.251. The predicted molar refractivity (Wildman–Crippen MR) is 89.4 cm³/mol. The first-order valence-electron chi connectivity index (χ1n) is 8.77. The van der Waals surface area contributed by atoms with Crippen molar-refractivity contribution in [3.8, 4) is 0 Å². The van der Waals surface area contributed by atoms with Crippen molar-refractivity contribution in [1.29, 1.82) is 0 Å². The van der Waals surface area contributed by atoms with Crippen LogP contribution in [-0.4, -0.2) is 31.1 Å². The maximum Gasteiger partial charge on any atom is 0.229 e. The first-order chi connectivity index (χ1) is 11.8. The van der Waals surface area contributed by atoms with Gasteiger partial charge in [0, 0.05) is 13.0 Å². The van der Waals surface area contributed by atoms with Gasteiger partial charge in [-0.25, -0.2) is 4.98 Å². The Morgan fingerprint density at radius 3 is 2.88 bits per heavy atom. The van der Waals surface area contributed by atoms with Crippen LogP contribution in [0.4, 0.5) is 0 Å². The van der Waals surface area contributed by atoms with E-state index in [2.05, 4.69) is 44.9 Å². The topological polar surface area (TPSA) is 60.0 Å². The van der Waals surface area contributed by atoms with E-state index >= 15 is 0 Å². The van der Waals surface area contributed by atoms with Crippen LogP contribution in [0, 0.1) is 0 Å². The first kappa shape index (κ1) is 14.2. The van der Waals surface area contributed by atoms with Crippen LogP contribution in [0.3, 0.4) is 0 Å². The van der Waals surface area contributed by atoms with Crippen molar-refractivity contribution in [3.05, 3.63) is 41.8 Å². The molecule has 1 aliphatic carbocycles. The van der Waals surface area contributed by atoms with Crippen molar-refractivity contribution in [2.75, 3.05) is 6.54 Å². The van der Waals surface area contributed by atoms with E-state index in [-0.39, 0.29) is 6.04 Å². The van der Waals surface area contributed by atoms with Crippen molar-refractivity contribution in [3.63, 3.8) is 0 Å². The summed E-state index contributed by atoms with van der Waals surface area (Å²) in [6.45, 7) is 1.88. The Bertz CT molecular complexity index is 879. The maximum absolute atomic E-state index is 5.46. The van der Waals surface area contributed by atoms with Crippen molar-refractivity contribution in [2.45, 2.75) is 44.2 Å². The second-order valence-electron chi connectivity index (χ2n) is 6.97. The van der Waals surface area contributed by atoms with Gasteiger partial charge in [-0.3, -0.25) is 4.90 Å². The summed E-state index contributed by atoms with van der Waals surface area (Å²) in [4.78, 5) is 11.9. The molecule has 6 nitrogen and oxygen atoms in total. The molecule has 3 aromatic rings. The van der Waals surface area contributed by atoms with Gasteiger partial charge in [0.1, 0.15) is 5.82 Å². The van der Waals surface area contributed by atoms with Gasteiger partial charge in [-0.05, 0) is 44.4 Å². The zero-order valence-electron chi connectivity index (χ0n) is 13.9. The SMILES string of the molecule is Cn1c(CN2CCC[C@H]2c2noc(C3CC3)n2)nc2ccccc21. The molecule has 6 heteroatoms. The molecule has 0 spiro atoms. The highest BCUT2D eigenvalue weighted by molar-refractivity contribution is 5.75. The average molecular weight is 323 g/mol. The zero-order valence-corrected chi connectivity index (χ0v) is 13.9. The first-order valence-corrected chi connectivity index (χ1v) is 8.77. The molecule has 24 heavy (non-hydrogen) atoms. The van der Waals surface area contributed by atoms with Gasteiger partial charge in [0.15, 0.2) is 5.82 Å². The van der Waals surface area contributed by atoms with Crippen LogP contribution in [0.25, 0.3) is 11.0 Å². The molecular formula is C18H21N5O. The fraction of sp³-hybridized carbons (Fsp3) is 0.500. The summed E-state index contributed by atoms with van der Waals surface area (Å²) in [5, 5.41) is 4.26. The lowest BCUT2D eigenvalue weighted by molar-refractivity contribution is 0.227. The summed E-state index contributed by atoms with van der Waals surface area (Å²) in [5.41, 5.74) is 2.24. The molecule has 2 aliphatic rings. The van der Waals surface area contributed by atoms with Crippen molar-refractivity contribution >= 4 is 11.0 Å². The van der Waals surface area contributed by atoms with Crippen molar-refractivity contribution < 1.29 is 4.52 Å². The quantitative estimate of drug-likeness (QED) is 0.738. The van der Waals surface area contributed by atoms with Crippen LogP contribution in [0.5, 0.6) is 0 Å². The third kappa shape index (κ3) is 2.33. The summed E-state index contributed by atoms with van der Waals surface area (Å²) in [6.07, 6.45) is 4.64. The molecule has 3 heterocycles. The van der Waals surface area contributed by atoms with Crippen LogP contribution in [-0.2, 0) is 13.6 Å². The number of hydrogen-bond acceptors (Lipinski definition) is 5. The fourth-order valence-corrected chi connectivity index (χ4v) is 3.70. The Morgan fingerprint density at radius 2 is 2.04 bits per heavy atom. The lowest BCUT2D eigenvalue weighted by Crippen LogP contribution is -2.25. The number of hydrogen-bond donors (Lipinski definition) is 0. The molecule has 1 atom stereocenters. The number of aromatic nitrogens is 4. The number of aryl methyl sites for hydroxylation is 1. The predicted octanol–water partition coefficient (Wildman–Crippen LogP) is 3.17. The number of nitrogens with zero attached hydrogens (tertiary/aromatic N) is 5. The number of fused-ring (bicyclic) bond motifs is 1. The van der Waals surface area contributed by atoms with Gasteiger partial charge in [0.05, 0.1) is 23.6 Å². The molecule has 0 amide bonds. The summed E-state index contributed by atoms with van der Waals surface area (Å²) in [5.74, 6) is 3.29. The van der Waals surface area contributed by atoms with Crippen LogP contribution >= 0.6 is 0 Å². The molecule has 1 aliphatic heterocycles. The highest BCUT2D eigenvalue weighted by Crippen LogP contribution is 2.40. The largest absolute Gasteiger partial charge is 0.339 e. The van der Waals surface area contributed by atoms with E-state index in [9.17, 15) is 0 Å². The number of para-hydroxylation sites is 2. The Morgan fingerprint density at radius 1 is 1.17 bits per heavy atom. The standard InChI is InChI=1S/C18H21N5O/c1-22-14-6-3-2-5-13(14)19-16(22)11-23-10-4-7-15(23)17-20-18(24-21-17)12-8-9-12/h2-3,5-6,12,15H,4,7-11H2,1H3/t15-/m0/s1. The summed E-state index contributed by atoms with van der Waals surface area (Å²) in [7, 11) is 2.09. The molecule has 2 aromatic heterocycles. The van der Waals surface area contributed by atoms with Crippen molar-refractivity contribution in [2.24, 2.45) is 7.05 Å². The van der Waals surface area contributed by atoms with Gasteiger partial charge < -0.3 is 9.09 Å². The maximum atomic E-state index is 5.46. The summed E-state index contributed by atoms with van der Waals surface area (Å²) in [6, 6.07) is 8.54. The van der Waals surface area contributed by atoms with Crippen LogP contribution in [0.15, 0.2) is 28.8 Å². The van der Waals surface area contributed by atoms with E-state index in [0.29, 0.717) is 5.92 Å². The molecular weight excluding hydrogens is 302 g/mol. The second kappa shape index (κ2) is 5.41. The number of likely N-dealkylation sites (tertiary alicyclic amines) is 1. The van der Waals surface area contributed by atoms with Gasteiger partial charge in [0.2, 0.25) is 5.89 Å². The Kier molecular flexibility index (Phi) is 3.19. The number of rotatable bonds is 4. The molecule has 124 valence electrons. The van der Waals surface area contributed by atoms with Gasteiger partial charge in [-0.1, -0.05) is 17.3 Å².